The molecule has 218 valence electrons. The number of amides is 2. The zero-order chi connectivity index (χ0) is 29.5. The number of methoxy groups -OCH3 is 3. The van der Waals surface area contributed by atoms with E-state index in [1.807, 2.05) is 24.3 Å². The van der Waals surface area contributed by atoms with Crippen LogP contribution in [0.5, 0.6) is 17.2 Å². The highest BCUT2D eigenvalue weighted by Gasteiger charge is 2.36. The molecular formula is C32H38ClN3O5. The third-order valence-corrected chi connectivity index (χ3v) is 7.72. The number of rotatable bonds is 10. The van der Waals surface area contributed by atoms with Gasteiger partial charge in [0.2, 0.25) is 11.7 Å². The molecular weight excluding hydrogens is 542 g/mol. The van der Waals surface area contributed by atoms with E-state index in [1.54, 1.807) is 24.3 Å². The normalized spacial score (nSPS) is 14.3. The number of anilines is 1. The van der Waals surface area contributed by atoms with Gasteiger partial charge in [0.1, 0.15) is 11.2 Å². The highest BCUT2D eigenvalue weighted by Crippen LogP contribution is 2.42. The van der Waals surface area contributed by atoms with Crippen LogP contribution < -0.4 is 24.4 Å². The zero-order valence-corrected chi connectivity index (χ0v) is 25.0. The van der Waals surface area contributed by atoms with E-state index in [9.17, 15) is 9.59 Å². The van der Waals surface area contributed by atoms with Crippen LogP contribution in [0.15, 0.2) is 54.7 Å². The Kier molecular flexibility index (Phi) is 10.1. The first-order valence-electron chi connectivity index (χ1n) is 13.9. The molecule has 0 aliphatic heterocycles. The molecule has 1 heterocycles. The summed E-state index contributed by atoms with van der Waals surface area (Å²) in [6.07, 6.45) is 6.47. The van der Waals surface area contributed by atoms with Gasteiger partial charge in [0.05, 0.1) is 26.9 Å². The number of ether oxygens (including phenoxy) is 3. The predicted octanol–water partition coefficient (Wildman–Crippen LogP) is 6.72. The molecule has 1 aliphatic carbocycles. The summed E-state index contributed by atoms with van der Waals surface area (Å²) in [4.78, 5) is 34.2. The lowest BCUT2D eigenvalue weighted by molar-refractivity contribution is -0.123. The average Bonchev–Trinajstić information content (AvgIpc) is 2.99. The van der Waals surface area contributed by atoms with Crippen LogP contribution in [-0.4, -0.2) is 44.2 Å². The van der Waals surface area contributed by atoms with Crippen LogP contribution in [0.1, 0.15) is 79.4 Å². The van der Waals surface area contributed by atoms with E-state index in [2.05, 4.69) is 24.1 Å². The highest BCUT2D eigenvalue weighted by atomic mass is 35.5. The second-order valence-electron chi connectivity index (χ2n) is 10.5. The Balaban J connectivity index is 1.91. The van der Waals surface area contributed by atoms with Crippen LogP contribution in [0.3, 0.4) is 0 Å². The van der Waals surface area contributed by atoms with Crippen molar-refractivity contribution in [1.29, 1.82) is 0 Å². The molecule has 0 radical (unpaired) electrons. The van der Waals surface area contributed by atoms with Gasteiger partial charge < -0.3 is 19.5 Å². The molecule has 3 aromatic rings. The Hall–Kier alpha value is -3.78. The lowest BCUT2D eigenvalue weighted by Crippen LogP contribution is -2.47. The monoisotopic (exact) mass is 579 g/mol. The first-order chi connectivity index (χ1) is 19.8. The molecule has 1 atom stereocenters. The van der Waals surface area contributed by atoms with Gasteiger partial charge in [-0.25, -0.2) is 4.98 Å². The van der Waals surface area contributed by atoms with Gasteiger partial charge in [0.25, 0.3) is 5.91 Å². The summed E-state index contributed by atoms with van der Waals surface area (Å²) in [5, 5.41) is 3.50. The minimum Gasteiger partial charge on any atom is -0.493 e. The van der Waals surface area contributed by atoms with E-state index >= 15 is 0 Å². The molecule has 1 fully saturated rings. The molecule has 1 aromatic heterocycles. The minimum absolute atomic E-state index is 0.0262. The van der Waals surface area contributed by atoms with Gasteiger partial charge >= 0.3 is 0 Å². The summed E-state index contributed by atoms with van der Waals surface area (Å²) in [5.41, 5.74) is 2.48. The van der Waals surface area contributed by atoms with Crippen molar-refractivity contribution in [2.75, 3.05) is 26.2 Å². The Labute approximate surface area is 247 Å². The van der Waals surface area contributed by atoms with Gasteiger partial charge in [-0.2, -0.15) is 0 Å². The van der Waals surface area contributed by atoms with E-state index in [0.717, 1.165) is 37.7 Å². The fraction of sp³-hybridized carbons (Fsp3) is 0.406. The number of hydrogen-bond acceptors (Lipinski definition) is 6. The second kappa shape index (κ2) is 13.7. The molecule has 1 N–H and O–H groups in total. The number of nitrogens with one attached hydrogen (secondary N) is 1. The summed E-state index contributed by atoms with van der Waals surface area (Å²) >= 11 is 6.03. The molecule has 4 rings (SSSR count). The molecule has 0 saturated heterocycles. The van der Waals surface area contributed by atoms with Crippen LogP contribution in [0.2, 0.25) is 5.15 Å². The summed E-state index contributed by atoms with van der Waals surface area (Å²) in [7, 11) is 4.56. The first-order valence-corrected chi connectivity index (χ1v) is 14.3. The van der Waals surface area contributed by atoms with Crippen molar-refractivity contribution in [3.63, 3.8) is 0 Å². The summed E-state index contributed by atoms with van der Waals surface area (Å²) < 4.78 is 16.8. The smallest absolute Gasteiger partial charge is 0.260 e. The Morgan fingerprint density at radius 3 is 2.05 bits per heavy atom. The van der Waals surface area contributed by atoms with Crippen LogP contribution >= 0.6 is 11.6 Å². The zero-order valence-electron chi connectivity index (χ0n) is 24.3. The molecule has 9 heteroatoms. The van der Waals surface area contributed by atoms with E-state index in [0.29, 0.717) is 40.0 Å². The quantitative estimate of drug-likeness (QED) is 0.268. The van der Waals surface area contributed by atoms with Crippen molar-refractivity contribution >= 4 is 29.1 Å². The van der Waals surface area contributed by atoms with Crippen LogP contribution in [-0.2, 0) is 4.79 Å². The summed E-state index contributed by atoms with van der Waals surface area (Å²) in [6, 6.07) is 13.3. The van der Waals surface area contributed by atoms with E-state index in [4.69, 9.17) is 25.8 Å². The highest BCUT2D eigenvalue weighted by molar-refractivity contribution is 6.29. The summed E-state index contributed by atoms with van der Waals surface area (Å²) in [5.74, 6) is 0.764. The average molecular weight is 580 g/mol. The molecule has 0 bridgehead atoms. The van der Waals surface area contributed by atoms with Gasteiger partial charge in [-0.1, -0.05) is 56.8 Å². The number of hydrogen-bond donors (Lipinski definition) is 1. The lowest BCUT2D eigenvalue weighted by Gasteiger charge is -2.34. The molecule has 1 saturated carbocycles. The maximum Gasteiger partial charge on any atom is 0.260 e. The number of carbonyl (C=O) groups is 2. The number of benzene rings is 2. The Morgan fingerprint density at radius 2 is 1.54 bits per heavy atom. The second-order valence-corrected chi connectivity index (χ2v) is 10.9. The van der Waals surface area contributed by atoms with Crippen LogP contribution in [0.4, 0.5) is 5.69 Å². The Morgan fingerprint density at radius 1 is 0.902 bits per heavy atom. The SMILES string of the molecule is COc1cc(C(C(=O)NC2CCCCC2)N(C(=O)c2ccc(Cl)nc2)c2ccc(C(C)C)cc2)cc(OC)c1OC. The number of nitrogens with zero attached hydrogens (tertiary/aromatic N) is 2. The largest absolute Gasteiger partial charge is 0.493 e. The molecule has 2 aromatic carbocycles. The van der Waals surface area contributed by atoms with Crippen molar-refractivity contribution < 1.29 is 23.8 Å². The number of aromatic nitrogens is 1. The minimum atomic E-state index is -1.06. The fourth-order valence-electron chi connectivity index (χ4n) is 5.25. The van der Waals surface area contributed by atoms with Gasteiger partial charge in [0.15, 0.2) is 11.5 Å². The molecule has 1 aliphatic rings. The van der Waals surface area contributed by atoms with Crippen molar-refractivity contribution in [3.05, 3.63) is 76.6 Å². The topological polar surface area (TPSA) is 90.0 Å². The predicted molar refractivity (Wildman–Crippen MR) is 160 cm³/mol. The van der Waals surface area contributed by atoms with Gasteiger partial charge in [-0.3, -0.25) is 14.5 Å². The van der Waals surface area contributed by atoms with Gasteiger partial charge in [-0.15, -0.1) is 0 Å². The van der Waals surface area contributed by atoms with Gasteiger partial charge in [-0.05, 0) is 66.3 Å². The van der Waals surface area contributed by atoms with Crippen molar-refractivity contribution in [2.24, 2.45) is 0 Å². The van der Waals surface area contributed by atoms with Crippen molar-refractivity contribution in [2.45, 2.75) is 64.0 Å². The molecule has 0 spiro atoms. The number of pyridine rings is 1. The van der Waals surface area contributed by atoms with Crippen LogP contribution in [0.25, 0.3) is 0 Å². The maximum atomic E-state index is 14.3. The number of carbonyl (C=O) groups excluding carboxylic acids is 2. The molecule has 2 amide bonds. The maximum absolute atomic E-state index is 14.3. The lowest BCUT2D eigenvalue weighted by atomic mass is 9.94. The molecule has 41 heavy (non-hydrogen) atoms. The van der Waals surface area contributed by atoms with E-state index in [-0.39, 0.29) is 17.1 Å². The molecule has 8 nitrogen and oxygen atoms in total. The van der Waals surface area contributed by atoms with Crippen LogP contribution in [0, 0.1) is 0 Å². The third-order valence-electron chi connectivity index (χ3n) is 7.49. The third kappa shape index (κ3) is 6.93. The van der Waals surface area contributed by atoms with Gasteiger partial charge in [0, 0.05) is 17.9 Å². The standard InChI is InChI=1S/C32H38ClN3O5/c1-20(2)21-11-14-25(15-12-21)36(32(38)22-13-16-28(33)34-19-22)29(31(37)35-24-9-7-6-8-10-24)23-17-26(39-3)30(41-5)27(18-23)40-4/h11-20,24,29H,6-10H2,1-5H3,(H,35,37). The Bertz CT molecular complexity index is 1310. The summed E-state index contributed by atoms with van der Waals surface area (Å²) in [6.45, 7) is 4.21. The molecule has 1 unspecified atom stereocenters. The van der Waals surface area contributed by atoms with E-state index in [1.165, 1.54) is 32.4 Å². The van der Waals surface area contributed by atoms with E-state index < -0.39 is 11.9 Å². The fourth-order valence-corrected chi connectivity index (χ4v) is 5.36. The van der Waals surface area contributed by atoms with Crippen molar-refractivity contribution in [1.82, 2.24) is 10.3 Å². The number of halogens is 1. The van der Waals surface area contributed by atoms with Crippen molar-refractivity contribution in [3.8, 4) is 17.2 Å². The first kappa shape index (κ1) is 30.2.